The molecule has 0 aliphatic carbocycles. The Morgan fingerprint density at radius 3 is 2.80 bits per heavy atom. The fourth-order valence-corrected chi connectivity index (χ4v) is 1.50. The molecular weight excluding hydrogens is 258 g/mol. The molecule has 0 atom stereocenters. The number of carboxylic acid groups (broad SMARTS) is 1. The number of carbonyl (C=O) groups is 2. The molecule has 0 aliphatic heterocycles. The Kier molecular flexibility index (Phi) is 4.18. The highest BCUT2D eigenvalue weighted by Crippen LogP contribution is 2.12. The molecule has 0 saturated heterocycles. The van der Waals surface area contributed by atoms with Crippen molar-refractivity contribution in [2.75, 3.05) is 5.32 Å². The van der Waals surface area contributed by atoms with Crippen LogP contribution in [-0.4, -0.2) is 27.0 Å². The van der Waals surface area contributed by atoms with E-state index in [9.17, 15) is 9.59 Å². The van der Waals surface area contributed by atoms with E-state index in [0.717, 1.165) is 6.08 Å². The second-order valence-corrected chi connectivity index (χ2v) is 3.84. The summed E-state index contributed by atoms with van der Waals surface area (Å²) in [5.41, 5.74) is 1.43. The van der Waals surface area contributed by atoms with E-state index in [4.69, 9.17) is 5.11 Å². The number of anilines is 1. The molecule has 0 spiro atoms. The zero-order valence-corrected chi connectivity index (χ0v) is 10.4. The Morgan fingerprint density at radius 1 is 1.25 bits per heavy atom. The molecule has 6 heteroatoms. The maximum Gasteiger partial charge on any atom is 0.328 e. The number of nitrogens with one attached hydrogen (secondary N) is 1. The summed E-state index contributed by atoms with van der Waals surface area (Å²) >= 11 is 0. The van der Waals surface area contributed by atoms with E-state index in [1.807, 2.05) is 0 Å². The lowest BCUT2D eigenvalue weighted by atomic mass is 10.2. The lowest BCUT2D eigenvalue weighted by Crippen LogP contribution is -2.13. The molecule has 0 unspecified atom stereocenters. The average Bonchev–Trinajstić information content (AvgIpc) is 2.46. The van der Waals surface area contributed by atoms with E-state index < -0.39 is 5.97 Å². The highest BCUT2D eigenvalue weighted by atomic mass is 16.4. The quantitative estimate of drug-likeness (QED) is 0.826. The van der Waals surface area contributed by atoms with Crippen molar-refractivity contribution < 1.29 is 14.7 Å². The van der Waals surface area contributed by atoms with Gasteiger partial charge in [-0.3, -0.25) is 9.78 Å². The molecule has 1 heterocycles. The van der Waals surface area contributed by atoms with Crippen LogP contribution in [0.3, 0.4) is 0 Å². The van der Waals surface area contributed by atoms with Crippen molar-refractivity contribution in [1.82, 2.24) is 9.97 Å². The van der Waals surface area contributed by atoms with Crippen molar-refractivity contribution in [2.45, 2.75) is 0 Å². The van der Waals surface area contributed by atoms with Crippen LogP contribution in [0.15, 0.2) is 48.9 Å². The van der Waals surface area contributed by atoms with Crippen LogP contribution in [0.2, 0.25) is 0 Å². The molecule has 0 saturated carbocycles. The Balaban J connectivity index is 2.12. The van der Waals surface area contributed by atoms with Crippen LogP contribution in [0.25, 0.3) is 6.08 Å². The van der Waals surface area contributed by atoms with Gasteiger partial charge in [-0.25, -0.2) is 9.78 Å². The minimum Gasteiger partial charge on any atom is -0.478 e. The summed E-state index contributed by atoms with van der Waals surface area (Å²) in [4.78, 5) is 30.0. The minimum atomic E-state index is -1.03. The van der Waals surface area contributed by atoms with E-state index in [0.29, 0.717) is 11.3 Å². The number of carboxylic acids is 1. The minimum absolute atomic E-state index is 0.207. The smallest absolute Gasteiger partial charge is 0.328 e. The lowest BCUT2D eigenvalue weighted by molar-refractivity contribution is -0.131. The first-order chi connectivity index (χ1) is 9.65. The molecule has 0 bridgehead atoms. The van der Waals surface area contributed by atoms with Gasteiger partial charge in [0.15, 0.2) is 0 Å². The van der Waals surface area contributed by atoms with E-state index in [-0.39, 0.29) is 11.6 Å². The van der Waals surface area contributed by atoms with Crippen LogP contribution in [0.5, 0.6) is 0 Å². The van der Waals surface area contributed by atoms with Crippen LogP contribution in [0.4, 0.5) is 5.69 Å². The van der Waals surface area contributed by atoms with E-state index in [1.54, 1.807) is 24.3 Å². The number of hydrogen-bond donors (Lipinski definition) is 2. The zero-order valence-electron chi connectivity index (χ0n) is 10.4. The standard InChI is InChI=1S/C14H11N3O3/c18-13(19)5-4-10-2-1-3-11(8-10)17-14(20)12-9-15-6-7-16-12/h1-9H,(H,17,20)(H,18,19). The van der Waals surface area contributed by atoms with Crippen LogP contribution in [-0.2, 0) is 4.79 Å². The van der Waals surface area contributed by atoms with E-state index >= 15 is 0 Å². The first-order valence-electron chi connectivity index (χ1n) is 5.73. The largest absolute Gasteiger partial charge is 0.478 e. The first-order valence-corrected chi connectivity index (χ1v) is 5.73. The highest BCUT2D eigenvalue weighted by Gasteiger charge is 2.07. The number of aromatic nitrogens is 2. The van der Waals surface area contributed by atoms with Gasteiger partial charge in [0.25, 0.3) is 5.91 Å². The Bertz CT molecular complexity index is 654. The van der Waals surface area contributed by atoms with Gasteiger partial charge in [0.1, 0.15) is 5.69 Å². The number of nitrogens with zero attached hydrogens (tertiary/aromatic N) is 2. The third kappa shape index (κ3) is 3.74. The Hall–Kier alpha value is -3.02. The summed E-state index contributed by atoms with van der Waals surface area (Å²) in [5.74, 6) is -1.41. The van der Waals surface area contributed by atoms with Crippen molar-refractivity contribution in [3.63, 3.8) is 0 Å². The fourth-order valence-electron chi connectivity index (χ4n) is 1.50. The normalized spacial score (nSPS) is 10.4. The fraction of sp³-hybridized carbons (Fsp3) is 0. The van der Waals surface area contributed by atoms with Crippen molar-refractivity contribution in [3.8, 4) is 0 Å². The molecule has 2 N–H and O–H groups in total. The SMILES string of the molecule is O=C(O)C=Cc1cccc(NC(=O)c2cnccn2)c1. The summed E-state index contributed by atoms with van der Waals surface area (Å²) < 4.78 is 0. The summed E-state index contributed by atoms with van der Waals surface area (Å²) in [6, 6.07) is 6.81. The summed E-state index contributed by atoms with van der Waals surface area (Å²) in [6.45, 7) is 0. The van der Waals surface area contributed by atoms with Crippen molar-refractivity contribution in [1.29, 1.82) is 0 Å². The molecule has 0 aliphatic rings. The van der Waals surface area contributed by atoms with Crippen LogP contribution in [0, 0.1) is 0 Å². The van der Waals surface area contributed by atoms with Gasteiger partial charge in [-0.05, 0) is 23.8 Å². The number of aliphatic carboxylic acids is 1. The van der Waals surface area contributed by atoms with Crippen molar-refractivity contribution in [3.05, 3.63) is 60.2 Å². The number of benzene rings is 1. The van der Waals surface area contributed by atoms with E-state index in [2.05, 4.69) is 15.3 Å². The monoisotopic (exact) mass is 269 g/mol. The van der Waals surface area contributed by atoms with Gasteiger partial charge >= 0.3 is 5.97 Å². The maximum absolute atomic E-state index is 11.9. The Morgan fingerprint density at radius 2 is 2.10 bits per heavy atom. The molecule has 100 valence electrons. The van der Waals surface area contributed by atoms with Crippen LogP contribution in [0.1, 0.15) is 16.1 Å². The zero-order chi connectivity index (χ0) is 14.4. The number of rotatable bonds is 4. The van der Waals surface area contributed by atoms with Crippen LogP contribution < -0.4 is 5.32 Å². The van der Waals surface area contributed by atoms with E-state index in [1.165, 1.54) is 24.7 Å². The molecule has 20 heavy (non-hydrogen) atoms. The molecule has 0 fully saturated rings. The molecule has 1 aromatic carbocycles. The van der Waals surface area contributed by atoms with Gasteiger partial charge in [0.2, 0.25) is 0 Å². The molecule has 2 aromatic rings. The van der Waals surface area contributed by atoms with Crippen molar-refractivity contribution >= 4 is 23.6 Å². The molecule has 0 radical (unpaired) electrons. The number of hydrogen-bond acceptors (Lipinski definition) is 4. The predicted octanol–water partition coefficient (Wildman–Crippen LogP) is 1.83. The molecule has 2 rings (SSSR count). The molecule has 6 nitrogen and oxygen atoms in total. The van der Waals surface area contributed by atoms with Gasteiger partial charge in [-0.2, -0.15) is 0 Å². The average molecular weight is 269 g/mol. The van der Waals surface area contributed by atoms with Crippen LogP contribution >= 0.6 is 0 Å². The Labute approximate surface area is 114 Å². The topological polar surface area (TPSA) is 92.2 Å². The van der Waals surface area contributed by atoms with Gasteiger partial charge in [0, 0.05) is 24.2 Å². The second-order valence-electron chi connectivity index (χ2n) is 3.84. The number of carbonyl (C=O) groups excluding carboxylic acids is 1. The third-order valence-electron chi connectivity index (χ3n) is 2.36. The van der Waals surface area contributed by atoms with Gasteiger partial charge in [-0.1, -0.05) is 12.1 Å². The molecular formula is C14H11N3O3. The maximum atomic E-state index is 11.9. The van der Waals surface area contributed by atoms with Gasteiger partial charge < -0.3 is 10.4 Å². The van der Waals surface area contributed by atoms with Crippen molar-refractivity contribution in [2.24, 2.45) is 0 Å². The summed E-state index contributed by atoms with van der Waals surface area (Å²) in [5, 5.41) is 11.2. The molecule has 1 aromatic heterocycles. The highest BCUT2D eigenvalue weighted by molar-refractivity contribution is 6.02. The predicted molar refractivity (Wildman–Crippen MR) is 73.1 cm³/mol. The lowest BCUT2D eigenvalue weighted by Gasteiger charge is -2.05. The second kappa shape index (κ2) is 6.24. The number of amides is 1. The molecule has 1 amide bonds. The summed E-state index contributed by atoms with van der Waals surface area (Å²) in [6.07, 6.45) is 6.75. The van der Waals surface area contributed by atoms with Gasteiger partial charge in [0.05, 0.1) is 6.20 Å². The summed E-state index contributed by atoms with van der Waals surface area (Å²) in [7, 11) is 0. The van der Waals surface area contributed by atoms with Gasteiger partial charge in [-0.15, -0.1) is 0 Å². The first kappa shape index (κ1) is 13.4. The third-order valence-corrected chi connectivity index (χ3v) is 2.36.